The van der Waals surface area contributed by atoms with Gasteiger partial charge in [-0.05, 0) is 37.6 Å². The molecule has 2 N–H and O–H groups in total. The first-order valence-electron chi connectivity index (χ1n) is 5.59. The third-order valence-corrected chi connectivity index (χ3v) is 3.41. The number of anilines is 1. The van der Waals surface area contributed by atoms with E-state index >= 15 is 0 Å². The fourth-order valence-corrected chi connectivity index (χ4v) is 2.37. The number of ether oxygens (including phenoxy) is 1. The van der Waals surface area contributed by atoms with Crippen LogP contribution in [0, 0.1) is 0 Å². The number of hydrogen-bond acceptors (Lipinski definition) is 3. The summed E-state index contributed by atoms with van der Waals surface area (Å²) in [7, 11) is 0. The SMILES string of the molecule is Nc1cccc2c1OCC(N1CCC1)C2. The maximum atomic E-state index is 5.87. The molecular formula is C12H16N2O. The molecule has 3 rings (SSSR count). The van der Waals surface area contributed by atoms with Crippen LogP contribution >= 0.6 is 0 Å². The summed E-state index contributed by atoms with van der Waals surface area (Å²) >= 11 is 0. The van der Waals surface area contributed by atoms with Gasteiger partial charge in [0.15, 0.2) is 0 Å². The lowest BCUT2D eigenvalue weighted by Gasteiger charge is -2.40. The molecule has 1 aromatic rings. The Morgan fingerprint density at radius 1 is 1.33 bits per heavy atom. The molecule has 2 heterocycles. The Labute approximate surface area is 89.8 Å². The van der Waals surface area contributed by atoms with Crippen LogP contribution in [0.15, 0.2) is 18.2 Å². The molecule has 80 valence electrons. The molecular weight excluding hydrogens is 188 g/mol. The normalized spacial score (nSPS) is 25.2. The molecule has 0 aliphatic carbocycles. The van der Waals surface area contributed by atoms with E-state index in [0.717, 1.165) is 24.5 Å². The number of rotatable bonds is 1. The zero-order valence-corrected chi connectivity index (χ0v) is 8.78. The standard InChI is InChI=1S/C12H16N2O/c13-11-4-1-3-9-7-10(8-15-12(9)11)14-5-2-6-14/h1,3-4,10H,2,5-8,13H2. The molecule has 0 amide bonds. The van der Waals surface area contributed by atoms with Crippen LogP contribution in [0.25, 0.3) is 0 Å². The third-order valence-electron chi connectivity index (χ3n) is 3.41. The van der Waals surface area contributed by atoms with Crippen LogP contribution in [0.3, 0.4) is 0 Å². The molecule has 2 aliphatic rings. The summed E-state index contributed by atoms with van der Waals surface area (Å²) in [5.41, 5.74) is 7.91. The van der Waals surface area contributed by atoms with E-state index in [0.29, 0.717) is 6.04 Å². The molecule has 0 spiro atoms. The first-order valence-corrected chi connectivity index (χ1v) is 5.59. The molecule has 1 fully saturated rings. The summed E-state index contributed by atoms with van der Waals surface area (Å²) in [6.07, 6.45) is 2.42. The Morgan fingerprint density at radius 3 is 2.93 bits per heavy atom. The quantitative estimate of drug-likeness (QED) is 0.700. The van der Waals surface area contributed by atoms with Gasteiger partial charge in [-0.15, -0.1) is 0 Å². The van der Waals surface area contributed by atoms with Crippen molar-refractivity contribution >= 4 is 5.69 Å². The van der Waals surface area contributed by atoms with Gasteiger partial charge in [-0.25, -0.2) is 0 Å². The van der Waals surface area contributed by atoms with Crippen molar-refractivity contribution in [1.82, 2.24) is 4.90 Å². The molecule has 0 saturated carbocycles. The Bertz CT molecular complexity index is 374. The van der Waals surface area contributed by atoms with Crippen molar-refractivity contribution < 1.29 is 4.74 Å². The Kier molecular flexibility index (Phi) is 2.06. The highest BCUT2D eigenvalue weighted by Gasteiger charge is 2.29. The molecule has 0 radical (unpaired) electrons. The van der Waals surface area contributed by atoms with E-state index in [1.54, 1.807) is 0 Å². The fraction of sp³-hybridized carbons (Fsp3) is 0.500. The summed E-state index contributed by atoms with van der Waals surface area (Å²) in [6, 6.07) is 6.60. The van der Waals surface area contributed by atoms with Crippen molar-refractivity contribution in [2.45, 2.75) is 18.9 Å². The predicted octanol–water partition coefficient (Wildman–Crippen LogP) is 1.28. The highest BCUT2D eigenvalue weighted by Crippen LogP contribution is 2.32. The van der Waals surface area contributed by atoms with Crippen LogP contribution in [0.1, 0.15) is 12.0 Å². The minimum atomic E-state index is 0.563. The first-order chi connectivity index (χ1) is 7.34. The Balaban J connectivity index is 1.83. The van der Waals surface area contributed by atoms with Gasteiger partial charge in [0.25, 0.3) is 0 Å². The molecule has 1 saturated heterocycles. The smallest absolute Gasteiger partial charge is 0.145 e. The molecule has 3 nitrogen and oxygen atoms in total. The van der Waals surface area contributed by atoms with Crippen molar-refractivity contribution in [2.24, 2.45) is 0 Å². The van der Waals surface area contributed by atoms with Gasteiger partial charge in [0.1, 0.15) is 12.4 Å². The van der Waals surface area contributed by atoms with Crippen LogP contribution in [0.5, 0.6) is 5.75 Å². The molecule has 15 heavy (non-hydrogen) atoms. The van der Waals surface area contributed by atoms with Crippen LogP contribution < -0.4 is 10.5 Å². The van der Waals surface area contributed by atoms with E-state index in [4.69, 9.17) is 10.5 Å². The number of likely N-dealkylation sites (tertiary alicyclic amines) is 1. The van der Waals surface area contributed by atoms with Crippen LogP contribution in [0.2, 0.25) is 0 Å². The zero-order valence-electron chi connectivity index (χ0n) is 8.78. The summed E-state index contributed by atoms with van der Waals surface area (Å²) in [6.45, 7) is 3.25. The van der Waals surface area contributed by atoms with E-state index < -0.39 is 0 Å². The van der Waals surface area contributed by atoms with Crippen LogP contribution in [0.4, 0.5) is 5.69 Å². The number of nitrogen functional groups attached to an aromatic ring is 1. The van der Waals surface area contributed by atoms with Crippen molar-refractivity contribution in [3.63, 3.8) is 0 Å². The predicted molar refractivity (Wildman–Crippen MR) is 60.0 cm³/mol. The number of nitrogens with zero attached hydrogens (tertiary/aromatic N) is 1. The third kappa shape index (κ3) is 1.47. The number of benzene rings is 1. The zero-order chi connectivity index (χ0) is 10.3. The van der Waals surface area contributed by atoms with Gasteiger partial charge in [0.2, 0.25) is 0 Å². The van der Waals surface area contributed by atoms with E-state index in [9.17, 15) is 0 Å². The molecule has 0 aromatic heterocycles. The average molecular weight is 204 g/mol. The first kappa shape index (κ1) is 9.04. The lowest BCUT2D eigenvalue weighted by Crippen LogP contribution is -2.50. The second-order valence-electron chi connectivity index (χ2n) is 4.39. The maximum Gasteiger partial charge on any atom is 0.145 e. The highest BCUT2D eigenvalue weighted by molar-refractivity contribution is 5.57. The number of hydrogen-bond donors (Lipinski definition) is 1. The molecule has 1 atom stereocenters. The van der Waals surface area contributed by atoms with Gasteiger partial charge in [0.05, 0.1) is 5.69 Å². The highest BCUT2D eigenvalue weighted by atomic mass is 16.5. The molecule has 1 aromatic carbocycles. The maximum absolute atomic E-state index is 5.87. The van der Waals surface area contributed by atoms with Gasteiger partial charge < -0.3 is 10.5 Å². The summed E-state index contributed by atoms with van der Waals surface area (Å²) in [5.74, 6) is 0.911. The summed E-state index contributed by atoms with van der Waals surface area (Å²) in [4.78, 5) is 2.49. The molecule has 1 unspecified atom stereocenters. The van der Waals surface area contributed by atoms with Gasteiger partial charge in [-0.3, -0.25) is 4.90 Å². The topological polar surface area (TPSA) is 38.5 Å². The largest absolute Gasteiger partial charge is 0.489 e. The lowest BCUT2D eigenvalue weighted by atomic mass is 9.98. The van der Waals surface area contributed by atoms with E-state index in [1.165, 1.54) is 25.1 Å². The van der Waals surface area contributed by atoms with Crippen molar-refractivity contribution in [3.05, 3.63) is 23.8 Å². The number of para-hydroxylation sites is 1. The monoisotopic (exact) mass is 204 g/mol. The number of nitrogens with two attached hydrogens (primary N) is 1. The molecule has 2 aliphatic heterocycles. The lowest BCUT2D eigenvalue weighted by molar-refractivity contribution is 0.0696. The van der Waals surface area contributed by atoms with E-state index in [2.05, 4.69) is 11.0 Å². The molecule has 0 bridgehead atoms. The number of fused-ring (bicyclic) bond motifs is 1. The minimum absolute atomic E-state index is 0.563. The Hall–Kier alpha value is -1.22. The second kappa shape index (κ2) is 3.42. The van der Waals surface area contributed by atoms with Crippen molar-refractivity contribution in [3.8, 4) is 5.75 Å². The van der Waals surface area contributed by atoms with Crippen LogP contribution in [-0.4, -0.2) is 30.6 Å². The van der Waals surface area contributed by atoms with Gasteiger partial charge in [-0.1, -0.05) is 12.1 Å². The summed E-state index contributed by atoms with van der Waals surface area (Å²) in [5, 5.41) is 0. The summed E-state index contributed by atoms with van der Waals surface area (Å²) < 4.78 is 5.76. The Morgan fingerprint density at radius 2 is 2.20 bits per heavy atom. The van der Waals surface area contributed by atoms with Crippen LogP contribution in [-0.2, 0) is 6.42 Å². The second-order valence-corrected chi connectivity index (χ2v) is 4.39. The minimum Gasteiger partial charge on any atom is -0.489 e. The van der Waals surface area contributed by atoms with Crippen molar-refractivity contribution in [1.29, 1.82) is 0 Å². The van der Waals surface area contributed by atoms with Gasteiger partial charge in [0, 0.05) is 6.04 Å². The van der Waals surface area contributed by atoms with E-state index in [1.807, 2.05) is 12.1 Å². The van der Waals surface area contributed by atoms with E-state index in [-0.39, 0.29) is 0 Å². The fourth-order valence-electron chi connectivity index (χ4n) is 2.37. The van der Waals surface area contributed by atoms with Crippen molar-refractivity contribution in [2.75, 3.05) is 25.4 Å². The molecule has 3 heteroatoms. The van der Waals surface area contributed by atoms with Gasteiger partial charge >= 0.3 is 0 Å². The van der Waals surface area contributed by atoms with Gasteiger partial charge in [-0.2, -0.15) is 0 Å². The average Bonchev–Trinajstić information content (AvgIpc) is 2.15.